The van der Waals surface area contributed by atoms with Crippen LogP contribution in [0.2, 0.25) is 0 Å². The van der Waals surface area contributed by atoms with E-state index >= 15 is 0 Å². The zero-order valence-electron chi connectivity index (χ0n) is 18.1. The number of nitrogens with zero attached hydrogens (tertiary/aromatic N) is 2. The standard InChI is InChI=1S/C26H19F2N3O3/c1-15(32)29-19-9-6-17(7-10-19)23-24(30-13-12-16-4-2-3-5-21(16)30)26(34)31(25(23)33)22-11-8-18(27)14-20(22)28/h2-11,14H,12-13H2,1H3,(H,29,32). The Morgan fingerprint density at radius 3 is 2.35 bits per heavy atom. The normalized spacial score (nSPS) is 15.3. The number of hydrogen-bond acceptors (Lipinski definition) is 4. The Morgan fingerprint density at radius 2 is 1.65 bits per heavy atom. The molecule has 8 heteroatoms. The summed E-state index contributed by atoms with van der Waals surface area (Å²) in [4.78, 5) is 41.1. The van der Waals surface area contributed by atoms with Gasteiger partial charge in [0, 0.05) is 30.9 Å². The molecule has 0 fully saturated rings. The van der Waals surface area contributed by atoms with Gasteiger partial charge in [-0.2, -0.15) is 0 Å². The van der Waals surface area contributed by atoms with Gasteiger partial charge in [0.1, 0.15) is 17.3 Å². The Labute approximate surface area is 194 Å². The molecular formula is C26H19F2N3O3. The molecule has 6 nitrogen and oxygen atoms in total. The summed E-state index contributed by atoms with van der Waals surface area (Å²) in [5.41, 5.74) is 2.73. The number of halogens is 2. The van der Waals surface area contributed by atoms with E-state index in [-0.39, 0.29) is 22.9 Å². The Morgan fingerprint density at radius 1 is 0.912 bits per heavy atom. The van der Waals surface area contributed by atoms with Crippen LogP contribution in [0.5, 0.6) is 0 Å². The van der Waals surface area contributed by atoms with Crippen molar-refractivity contribution in [1.29, 1.82) is 0 Å². The van der Waals surface area contributed by atoms with Gasteiger partial charge in [0.2, 0.25) is 5.91 Å². The maximum atomic E-state index is 14.6. The van der Waals surface area contributed by atoms with Crippen LogP contribution in [-0.4, -0.2) is 24.3 Å². The third kappa shape index (κ3) is 3.53. The van der Waals surface area contributed by atoms with Gasteiger partial charge in [-0.25, -0.2) is 13.7 Å². The van der Waals surface area contributed by atoms with Crippen LogP contribution in [0, 0.1) is 11.6 Å². The molecule has 34 heavy (non-hydrogen) atoms. The second kappa shape index (κ2) is 8.22. The van der Waals surface area contributed by atoms with E-state index in [1.807, 2.05) is 24.3 Å². The average Bonchev–Trinajstić information content (AvgIpc) is 3.33. The number of anilines is 3. The summed E-state index contributed by atoms with van der Waals surface area (Å²) in [5.74, 6) is -3.46. The molecule has 0 bridgehead atoms. The van der Waals surface area contributed by atoms with Crippen LogP contribution >= 0.6 is 0 Å². The van der Waals surface area contributed by atoms with E-state index in [2.05, 4.69) is 5.32 Å². The number of para-hydroxylation sites is 1. The zero-order valence-corrected chi connectivity index (χ0v) is 18.1. The maximum Gasteiger partial charge on any atom is 0.282 e. The summed E-state index contributed by atoms with van der Waals surface area (Å²) < 4.78 is 28.1. The lowest BCUT2D eigenvalue weighted by atomic mass is 10.0. The van der Waals surface area contributed by atoms with Gasteiger partial charge >= 0.3 is 0 Å². The highest BCUT2D eigenvalue weighted by molar-refractivity contribution is 6.46. The lowest BCUT2D eigenvalue weighted by Crippen LogP contribution is -2.35. The van der Waals surface area contributed by atoms with Crippen LogP contribution in [0.4, 0.5) is 25.8 Å². The summed E-state index contributed by atoms with van der Waals surface area (Å²) in [6.07, 6.45) is 0.681. The van der Waals surface area contributed by atoms with E-state index in [9.17, 15) is 23.2 Å². The van der Waals surface area contributed by atoms with E-state index in [1.165, 1.54) is 6.92 Å². The maximum absolute atomic E-state index is 14.6. The minimum Gasteiger partial charge on any atom is -0.336 e. The summed E-state index contributed by atoms with van der Waals surface area (Å²) in [5, 5.41) is 2.66. The number of hydrogen-bond donors (Lipinski definition) is 1. The van der Waals surface area contributed by atoms with Gasteiger partial charge in [-0.1, -0.05) is 30.3 Å². The molecule has 0 saturated heterocycles. The molecule has 3 aromatic carbocycles. The monoisotopic (exact) mass is 459 g/mol. The Balaban J connectivity index is 1.65. The number of nitrogens with one attached hydrogen (secondary N) is 1. The van der Waals surface area contributed by atoms with Crippen molar-refractivity contribution in [1.82, 2.24) is 0 Å². The molecular weight excluding hydrogens is 440 g/mol. The first-order chi connectivity index (χ1) is 16.3. The van der Waals surface area contributed by atoms with E-state index in [0.717, 1.165) is 28.3 Å². The third-order valence-corrected chi connectivity index (χ3v) is 5.86. The second-order valence-corrected chi connectivity index (χ2v) is 8.05. The Kier molecular flexibility index (Phi) is 5.20. The Bertz CT molecular complexity index is 1380. The topological polar surface area (TPSA) is 69.7 Å². The number of carbonyl (C=O) groups excluding carboxylic acids is 3. The lowest BCUT2D eigenvalue weighted by Gasteiger charge is -2.22. The minimum absolute atomic E-state index is 0.111. The molecule has 0 saturated carbocycles. The highest BCUT2D eigenvalue weighted by atomic mass is 19.1. The largest absolute Gasteiger partial charge is 0.336 e. The molecule has 0 aromatic heterocycles. The van der Waals surface area contributed by atoms with E-state index < -0.39 is 23.4 Å². The average molecular weight is 459 g/mol. The summed E-state index contributed by atoms with van der Waals surface area (Å²) in [6, 6.07) is 16.8. The molecule has 2 aliphatic heterocycles. The van der Waals surface area contributed by atoms with Crippen molar-refractivity contribution in [3.8, 4) is 0 Å². The van der Waals surface area contributed by atoms with Gasteiger partial charge in [-0.05, 0) is 47.9 Å². The fourth-order valence-corrected chi connectivity index (χ4v) is 4.40. The van der Waals surface area contributed by atoms with Gasteiger partial charge in [0.25, 0.3) is 11.8 Å². The third-order valence-electron chi connectivity index (χ3n) is 5.86. The lowest BCUT2D eigenvalue weighted by molar-refractivity contribution is -0.120. The first kappa shape index (κ1) is 21.5. The fraction of sp³-hybridized carbons (Fsp3) is 0.115. The van der Waals surface area contributed by atoms with Crippen LogP contribution in [-0.2, 0) is 20.8 Å². The first-order valence-electron chi connectivity index (χ1n) is 10.7. The van der Waals surface area contributed by atoms with E-state index in [1.54, 1.807) is 29.2 Å². The fourth-order valence-electron chi connectivity index (χ4n) is 4.40. The van der Waals surface area contributed by atoms with Gasteiger partial charge in [0.05, 0.1) is 11.3 Å². The molecule has 0 radical (unpaired) electrons. The van der Waals surface area contributed by atoms with Crippen LogP contribution in [0.1, 0.15) is 18.1 Å². The van der Waals surface area contributed by atoms with Crippen LogP contribution in [0.3, 0.4) is 0 Å². The number of amides is 3. The predicted octanol–water partition coefficient (Wildman–Crippen LogP) is 4.27. The van der Waals surface area contributed by atoms with Crippen molar-refractivity contribution in [2.75, 3.05) is 21.7 Å². The van der Waals surface area contributed by atoms with Gasteiger partial charge in [-0.3, -0.25) is 14.4 Å². The van der Waals surface area contributed by atoms with E-state index in [0.29, 0.717) is 30.3 Å². The summed E-state index contributed by atoms with van der Waals surface area (Å²) in [7, 11) is 0. The SMILES string of the molecule is CC(=O)Nc1ccc(C2=C(N3CCc4ccccc43)C(=O)N(c3ccc(F)cc3F)C2=O)cc1. The number of benzene rings is 3. The van der Waals surface area contributed by atoms with Crippen molar-refractivity contribution in [3.05, 3.63) is 95.2 Å². The molecule has 0 spiro atoms. The molecule has 0 aliphatic carbocycles. The quantitative estimate of drug-likeness (QED) is 0.592. The van der Waals surface area contributed by atoms with Crippen molar-refractivity contribution in [3.63, 3.8) is 0 Å². The number of fused-ring (bicyclic) bond motifs is 1. The molecule has 2 heterocycles. The first-order valence-corrected chi connectivity index (χ1v) is 10.7. The molecule has 0 atom stereocenters. The predicted molar refractivity (Wildman–Crippen MR) is 124 cm³/mol. The van der Waals surface area contributed by atoms with E-state index in [4.69, 9.17) is 0 Å². The van der Waals surface area contributed by atoms with Crippen LogP contribution < -0.4 is 15.1 Å². The van der Waals surface area contributed by atoms with Gasteiger partial charge < -0.3 is 10.2 Å². The summed E-state index contributed by atoms with van der Waals surface area (Å²) in [6.45, 7) is 1.86. The van der Waals surface area contributed by atoms with Gasteiger partial charge in [-0.15, -0.1) is 0 Å². The second-order valence-electron chi connectivity index (χ2n) is 8.05. The summed E-state index contributed by atoms with van der Waals surface area (Å²) >= 11 is 0. The highest BCUT2D eigenvalue weighted by Gasteiger charge is 2.44. The number of rotatable bonds is 4. The van der Waals surface area contributed by atoms with Crippen molar-refractivity contribution < 1.29 is 23.2 Å². The molecule has 170 valence electrons. The van der Waals surface area contributed by atoms with Crippen molar-refractivity contribution in [2.24, 2.45) is 0 Å². The Hall–Kier alpha value is -4.33. The number of carbonyl (C=O) groups is 3. The number of imide groups is 1. The zero-order chi connectivity index (χ0) is 24.0. The molecule has 1 N–H and O–H groups in total. The highest BCUT2D eigenvalue weighted by Crippen LogP contribution is 2.40. The van der Waals surface area contributed by atoms with Crippen LogP contribution in [0.15, 0.2) is 72.4 Å². The molecule has 5 rings (SSSR count). The molecule has 0 unspecified atom stereocenters. The molecule has 2 aliphatic rings. The smallest absolute Gasteiger partial charge is 0.282 e. The molecule has 3 amide bonds. The molecule has 3 aromatic rings. The van der Waals surface area contributed by atoms with Crippen molar-refractivity contribution >= 4 is 40.4 Å². The van der Waals surface area contributed by atoms with Crippen molar-refractivity contribution in [2.45, 2.75) is 13.3 Å². The van der Waals surface area contributed by atoms with Crippen LogP contribution in [0.25, 0.3) is 5.57 Å². The minimum atomic E-state index is -1.01. The van der Waals surface area contributed by atoms with Gasteiger partial charge in [0.15, 0.2) is 0 Å².